The van der Waals surface area contributed by atoms with Crippen molar-refractivity contribution < 1.29 is 50.8 Å². The van der Waals surface area contributed by atoms with Crippen LogP contribution in [0.15, 0.2) is 28.0 Å². The van der Waals surface area contributed by atoms with Crippen LogP contribution in [-0.4, -0.2) is 53.2 Å². The van der Waals surface area contributed by atoms with Crippen LogP contribution in [0.1, 0.15) is 20.7 Å². The molecule has 0 radical (unpaired) electrons. The summed E-state index contributed by atoms with van der Waals surface area (Å²) < 4.78 is 64.4. The van der Waals surface area contributed by atoms with E-state index in [1.54, 1.807) is 0 Å². The van der Waals surface area contributed by atoms with Gasteiger partial charge >= 0.3 is 11.9 Å². The summed E-state index contributed by atoms with van der Waals surface area (Å²) in [6.07, 6.45) is 0. The lowest BCUT2D eigenvalue weighted by Crippen LogP contribution is -2.16. The van der Waals surface area contributed by atoms with Gasteiger partial charge in [-0.05, 0) is 17.5 Å². The van der Waals surface area contributed by atoms with E-state index in [4.69, 9.17) is 9.66 Å². The normalized spacial score (nSPS) is 12.2. The molecule has 0 aliphatic carbocycles. The average Bonchev–Trinajstić information content (AvgIpc) is 2.42. The summed E-state index contributed by atoms with van der Waals surface area (Å²) in [5.41, 5.74) is -2.46. The van der Waals surface area contributed by atoms with E-state index < -0.39 is 69.6 Å². The van der Waals surface area contributed by atoms with Crippen molar-refractivity contribution in [3.05, 3.63) is 29.3 Å². The molecule has 0 aromatic heterocycles. The molecule has 25 heavy (non-hydrogen) atoms. The molecule has 0 fully saturated rings. The molecule has 0 spiro atoms. The first kappa shape index (κ1) is 18.6. The second-order valence-corrected chi connectivity index (χ2v) is 7.45. The monoisotopic (exact) mass is 392 g/mol. The molecule has 2 aromatic carbocycles. The van der Waals surface area contributed by atoms with Gasteiger partial charge < -0.3 is 15.3 Å². The van der Waals surface area contributed by atoms with E-state index in [0.717, 1.165) is 12.1 Å². The lowest BCUT2D eigenvalue weighted by molar-refractivity contribution is 0.0691. The topological polar surface area (TPSA) is 204 Å². The number of hydrogen-bond donors (Lipinski definition) is 5. The summed E-state index contributed by atoms with van der Waals surface area (Å²) >= 11 is 0. The Morgan fingerprint density at radius 2 is 1.36 bits per heavy atom. The molecule has 2 aromatic rings. The maximum Gasteiger partial charge on any atom is 0.340 e. The van der Waals surface area contributed by atoms with Crippen LogP contribution in [0.5, 0.6) is 5.75 Å². The molecule has 0 saturated carbocycles. The van der Waals surface area contributed by atoms with Crippen molar-refractivity contribution in [1.29, 1.82) is 0 Å². The highest BCUT2D eigenvalue weighted by atomic mass is 32.2. The smallest absolute Gasteiger partial charge is 0.340 e. The molecule has 2 rings (SSSR count). The van der Waals surface area contributed by atoms with E-state index in [1.165, 1.54) is 0 Å². The number of rotatable bonds is 4. The van der Waals surface area contributed by atoms with Gasteiger partial charge in [-0.15, -0.1) is 0 Å². The number of hydrogen-bond acceptors (Lipinski definition) is 7. The summed E-state index contributed by atoms with van der Waals surface area (Å²) in [6.45, 7) is 0. The van der Waals surface area contributed by atoms with Gasteiger partial charge in [0.1, 0.15) is 21.1 Å². The zero-order valence-electron chi connectivity index (χ0n) is 11.7. The van der Waals surface area contributed by atoms with Crippen molar-refractivity contribution in [2.45, 2.75) is 9.79 Å². The molecular weight excluding hydrogens is 384 g/mol. The summed E-state index contributed by atoms with van der Waals surface area (Å²) in [5, 5.41) is 26.8. The molecule has 0 aliphatic rings. The number of fused-ring (bicyclic) bond motifs is 1. The van der Waals surface area contributed by atoms with Gasteiger partial charge in [-0.25, -0.2) is 9.59 Å². The third-order valence-electron chi connectivity index (χ3n) is 3.17. The van der Waals surface area contributed by atoms with Crippen LogP contribution < -0.4 is 0 Å². The maximum absolute atomic E-state index is 11.5. The second kappa shape index (κ2) is 5.66. The van der Waals surface area contributed by atoms with Gasteiger partial charge in [-0.3, -0.25) is 9.11 Å². The Labute approximate surface area is 139 Å². The summed E-state index contributed by atoms with van der Waals surface area (Å²) in [6, 6.07) is 2.18. The number of carboxylic acid groups (broad SMARTS) is 2. The molecule has 13 heteroatoms. The van der Waals surface area contributed by atoms with Crippen LogP contribution in [0.3, 0.4) is 0 Å². The van der Waals surface area contributed by atoms with E-state index in [1.807, 2.05) is 0 Å². The molecule has 134 valence electrons. The van der Waals surface area contributed by atoms with Crippen molar-refractivity contribution in [3.63, 3.8) is 0 Å². The van der Waals surface area contributed by atoms with Gasteiger partial charge in [0.15, 0.2) is 0 Å². The van der Waals surface area contributed by atoms with Crippen molar-refractivity contribution in [2.75, 3.05) is 0 Å². The highest BCUT2D eigenvalue weighted by Gasteiger charge is 2.34. The van der Waals surface area contributed by atoms with Crippen molar-refractivity contribution in [3.8, 4) is 5.75 Å². The van der Waals surface area contributed by atoms with Crippen LogP contribution in [0.25, 0.3) is 10.8 Å². The van der Waals surface area contributed by atoms with E-state index in [-0.39, 0.29) is 0 Å². The average molecular weight is 392 g/mol. The predicted octanol–water partition coefficient (Wildman–Crippen LogP) is 0.435. The molecule has 0 saturated heterocycles. The van der Waals surface area contributed by atoms with E-state index in [0.29, 0.717) is 6.07 Å². The Morgan fingerprint density at radius 1 is 0.840 bits per heavy atom. The molecule has 11 nitrogen and oxygen atoms in total. The summed E-state index contributed by atoms with van der Waals surface area (Å²) in [4.78, 5) is 19.7. The minimum absolute atomic E-state index is 0.423. The lowest BCUT2D eigenvalue weighted by atomic mass is 9.98. The molecule has 0 heterocycles. The Morgan fingerprint density at radius 3 is 1.76 bits per heavy atom. The minimum atomic E-state index is -5.53. The summed E-state index contributed by atoms with van der Waals surface area (Å²) in [5.74, 6) is -4.88. The Hall–Kier alpha value is -2.74. The van der Waals surface area contributed by atoms with E-state index in [9.17, 15) is 41.2 Å². The number of phenols is 1. The summed E-state index contributed by atoms with van der Waals surface area (Å²) in [7, 11) is -10.9. The molecule has 0 unspecified atom stereocenters. The molecule has 0 bridgehead atoms. The largest absolute Gasteiger partial charge is 0.507 e. The number of carboxylic acids is 2. The van der Waals surface area contributed by atoms with Crippen LogP contribution in [0, 0.1) is 0 Å². The van der Waals surface area contributed by atoms with Crippen molar-refractivity contribution in [1.82, 2.24) is 0 Å². The van der Waals surface area contributed by atoms with E-state index in [2.05, 4.69) is 0 Å². The number of aromatic hydroxyl groups is 1. The van der Waals surface area contributed by atoms with Crippen LogP contribution in [0.2, 0.25) is 0 Å². The van der Waals surface area contributed by atoms with Gasteiger partial charge in [0, 0.05) is 5.39 Å². The van der Waals surface area contributed by atoms with Crippen molar-refractivity contribution in [2.24, 2.45) is 0 Å². The standard InChI is InChI=1S/C12H8O11S2/c13-5-2-1-4-3-6(24(18,19)20)10(25(21,22)23)9(12(16)17)7(4)8(5)11(14)15/h1-3,13H,(H,14,15)(H,16,17)(H,18,19,20)(H,21,22,23). The second-order valence-electron chi connectivity index (χ2n) is 4.70. The van der Waals surface area contributed by atoms with E-state index >= 15 is 0 Å². The first-order valence-corrected chi connectivity index (χ1v) is 8.89. The Balaban J connectivity index is 3.38. The molecule has 5 N–H and O–H groups in total. The number of carbonyl (C=O) groups is 2. The zero-order valence-corrected chi connectivity index (χ0v) is 13.4. The van der Waals surface area contributed by atoms with Gasteiger partial charge in [-0.1, -0.05) is 6.07 Å². The SMILES string of the molecule is O=C(O)c1c(O)ccc2cc(S(=O)(=O)O)c(S(=O)(=O)O)c(C(=O)O)c12. The predicted molar refractivity (Wildman–Crippen MR) is 79.2 cm³/mol. The maximum atomic E-state index is 11.5. The molecule has 0 amide bonds. The van der Waals surface area contributed by atoms with Crippen LogP contribution in [-0.2, 0) is 20.2 Å². The quantitative estimate of drug-likeness (QED) is 0.451. The van der Waals surface area contributed by atoms with Crippen LogP contribution in [0.4, 0.5) is 0 Å². The number of aromatic carboxylic acids is 2. The fourth-order valence-corrected chi connectivity index (χ4v) is 4.31. The Kier molecular flexibility index (Phi) is 4.21. The lowest BCUT2D eigenvalue weighted by Gasteiger charge is -2.14. The third kappa shape index (κ3) is 3.12. The molecule has 0 atom stereocenters. The first-order chi connectivity index (χ1) is 11.3. The highest BCUT2D eigenvalue weighted by Crippen LogP contribution is 2.37. The fourth-order valence-electron chi connectivity index (χ4n) is 2.31. The van der Waals surface area contributed by atoms with Gasteiger partial charge in [0.25, 0.3) is 20.2 Å². The zero-order chi connectivity index (χ0) is 19.3. The first-order valence-electron chi connectivity index (χ1n) is 6.01. The van der Waals surface area contributed by atoms with Gasteiger partial charge in [0.05, 0.1) is 5.56 Å². The molecular formula is C12H8O11S2. The Bertz CT molecular complexity index is 1140. The van der Waals surface area contributed by atoms with Gasteiger partial charge in [0.2, 0.25) is 0 Å². The van der Waals surface area contributed by atoms with Crippen molar-refractivity contribution >= 4 is 42.9 Å². The number of benzene rings is 2. The minimum Gasteiger partial charge on any atom is -0.507 e. The highest BCUT2D eigenvalue weighted by molar-refractivity contribution is 7.89. The fraction of sp³-hybridized carbons (Fsp3) is 0. The molecule has 0 aliphatic heterocycles. The third-order valence-corrected chi connectivity index (χ3v) is 5.11. The van der Waals surface area contributed by atoms with Gasteiger partial charge in [-0.2, -0.15) is 16.8 Å². The van der Waals surface area contributed by atoms with Crippen LogP contribution >= 0.6 is 0 Å².